The first kappa shape index (κ1) is 13.9. The molecule has 1 aromatic heterocycles. The summed E-state index contributed by atoms with van der Waals surface area (Å²) in [5.41, 5.74) is 0.952. The van der Waals surface area contributed by atoms with Gasteiger partial charge < -0.3 is 9.72 Å². The average molecular weight is 287 g/mol. The molecule has 1 saturated carbocycles. The second-order valence-corrected chi connectivity index (χ2v) is 5.83. The molecule has 3 nitrogen and oxygen atoms in total. The number of pyridine rings is 1. The summed E-state index contributed by atoms with van der Waals surface area (Å²) in [6.45, 7) is 3.85. The zero-order valence-corrected chi connectivity index (χ0v) is 12.2. The van der Waals surface area contributed by atoms with Crippen molar-refractivity contribution in [2.75, 3.05) is 0 Å². The van der Waals surface area contributed by atoms with E-state index in [1.807, 2.05) is 19.9 Å². The number of nitrogens with one attached hydrogen (secondary N) is 1. The molecule has 0 bridgehead atoms. The summed E-state index contributed by atoms with van der Waals surface area (Å²) in [5.74, 6) is 0.684. The third-order valence-corrected chi connectivity index (χ3v) is 3.70. The number of ether oxygens (including phenoxy) is 1. The zero-order valence-electron chi connectivity index (χ0n) is 12.2. The Morgan fingerprint density at radius 1 is 1.38 bits per heavy atom. The topological polar surface area (TPSA) is 42.1 Å². The highest BCUT2D eigenvalue weighted by Crippen LogP contribution is 2.33. The molecule has 0 amide bonds. The minimum atomic E-state index is -0.347. The van der Waals surface area contributed by atoms with Crippen LogP contribution in [0.4, 0.5) is 4.39 Å². The van der Waals surface area contributed by atoms with Gasteiger partial charge in [-0.15, -0.1) is 0 Å². The fraction of sp³-hybridized carbons (Fsp3) is 0.353. The first-order valence-corrected chi connectivity index (χ1v) is 7.25. The van der Waals surface area contributed by atoms with Crippen molar-refractivity contribution in [1.29, 1.82) is 0 Å². The van der Waals surface area contributed by atoms with E-state index in [0.29, 0.717) is 28.1 Å². The van der Waals surface area contributed by atoms with Crippen LogP contribution in [0.5, 0.6) is 5.75 Å². The molecule has 2 aromatic rings. The quantitative estimate of drug-likeness (QED) is 0.860. The number of aromatic nitrogens is 1. The molecule has 21 heavy (non-hydrogen) atoms. The van der Waals surface area contributed by atoms with E-state index >= 15 is 0 Å². The van der Waals surface area contributed by atoms with Gasteiger partial charge in [-0.1, -0.05) is 13.8 Å². The molecule has 0 spiro atoms. The lowest BCUT2D eigenvalue weighted by atomic mass is 10.0. The second-order valence-electron chi connectivity index (χ2n) is 5.83. The van der Waals surface area contributed by atoms with Crippen LogP contribution in [-0.2, 0) is 0 Å². The standard InChI is InChI=1S/C17H18FNO2/c1-10(2)15-16(21-8-7-11-3-4-11)13-9-12(18)5-6-14(13)19-17(15)20/h5-11H,3-4H2,1-2H3,(H,19,20)/b8-7+. The molecule has 0 unspecified atom stereocenters. The van der Waals surface area contributed by atoms with E-state index in [9.17, 15) is 9.18 Å². The monoisotopic (exact) mass is 287 g/mol. The molecule has 3 rings (SSSR count). The molecule has 1 heterocycles. The Morgan fingerprint density at radius 2 is 2.14 bits per heavy atom. The van der Waals surface area contributed by atoms with Crippen LogP contribution in [0.25, 0.3) is 10.9 Å². The largest absolute Gasteiger partial charge is 0.464 e. The van der Waals surface area contributed by atoms with Crippen LogP contribution in [0.3, 0.4) is 0 Å². The van der Waals surface area contributed by atoms with Crippen molar-refractivity contribution in [1.82, 2.24) is 4.98 Å². The molecule has 1 aromatic carbocycles. The van der Waals surface area contributed by atoms with Gasteiger partial charge in [-0.3, -0.25) is 4.79 Å². The fourth-order valence-electron chi connectivity index (χ4n) is 2.41. The van der Waals surface area contributed by atoms with E-state index in [1.165, 1.54) is 25.0 Å². The molecular formula is C17H18FNO2. The van der Waals surface area contributed by atoms with Crippen LogP contribution in [0, 0.1) is 11.7 Å². The lowest BCUT2D eigenvalue weighted by Gasteiger charge is -2.13. The summed E-state index contributed by atoms with van der Waals surface area (Å²) in [4.78, 5) is 15.0. The van der Waals surface area contributed by atoms with Crippen LogP contribution >= 0.6 is 0 Å². The van der Waals surface area contributed by atoms with E-state index in [4.69, 9.17) is 4.74 Å². The number of hydrogen-bond donors (Lipinski definition) is 1. The molecule has 1 fully saturated rings. The molecule has 4 heteroatoms. The number of allylic oxidation sites excluding steroid dienone is 1. The Balaban J connectivity index is 2.16. The SMILES string of the molecule is CC(C)c1c(O/C=C/C2CC2)c2cc(F)ccc2[nH]c1=O. The molecule has 1 aliphatic carbocycles. The fourth-order valence-corrected chi connectivity index (χ4v) is 2.41. The molecule has 0 radical (unpaired) electrons. The van der Waals surface area contributed by atoms with Gasteiger partial charge in [0.15, 0.2) is 0 Å². The second kappa shape index (κ2) is 5.35. The third kappa shape index (κ3) is 2.84. The minimum Gasteiger partial charge on any atom is -0.464 e. The number of aromatic amines is 1. The molecule has 110 valence electrons. The summed E-state index contributed by atoms with van der Waals surface area (Å²) in [5, 5.41) is 0.596. The molecular weight excluding hydrogens is 269 g/mol. The Bertz CT molecular complexity index is 757. The molecule has 0 aliphatic heterocycles. The minimum absolute atomic E-state index is 0.00857. The van der Waals surface area contributed by atoms with Crippen LogP contribution in [0.2, 0.25) is 0 Å². The maximum Gasteiger partial charge on any atom is 0.255 e. The van der Waals surface area contributed by atoms with E-state index < -0.39 is 0 Å². The maximum absolute atomic E-state index is 13.5. The van der Waals surface area contributed by atoms with Crippen molar-refractivity contribution >= 4 is 10.9 Å². The van der Waals surface area contributed by atoms with Crippen molar-refractivity contribution in [3.63, 3.8) is 0 Å². The highest BCUT2D eigenvalue weighted by atomic mass is 19.1. The van der Waals surface area contributed by atoms with Crippen LogP contribution in [-0.4, -0.2) is 4.98 Å². The van der Waals surface area contributed by atoms with Gasteiger partial charge in [-0.25, -0.2) is 4.39 Å². The summed E-state index contributed by atoms with van der Waals surface area (Å²) in [7, 11) is 0. The number of benzene rings is 1. The van der Waals surface area contributed by atoms with Gasteiger partial charge in [0.2, 0.25) is 0 Å². The molecule has 0 saturated heterocycles. The van der Waals surface area contributed by atoms with Crippen molar-refractivity contribution in [2.45, 2.75) is 32.6 Å². The van der Waals surface area contributed by atoms with Gasteiger partial charge in [-0.2, -0.15) is 0 Å². The van der Waals surface area contributed by atoms with E-state index in [0.717, 1.165) is 0 Å². The first-order valence-electron chi connectivity index (χ1n) is 7.25. The van der Waals surface area contributed by atoms with Crippen LogP contribution < -0.4 is 10.3 Å². The number of rotatable bonds is 4. The van der Waals surface area contributed by atoms with Gasteiger partial charge in [0.1, 0.15) is 11.6 Å². The van der Waals surface area contributed by atoms with E-state index in [1.54, 1.807) is 12.3 Å². The lowest BCUT2D eigenvalue weighted by Crippen LogP contribution is -2.15. The van der Waals surface area contributed by atoms with E-state index in [-0.39, 0.29) is 17.3 Å². The number of H-pyrrole nitrogens is 1. The third-order valence-electron chi connectivity index (χ3n) is 3.70. The number of fused-ring (bicyclic) bond motifs is 1. The Labute approximate surface area is 122 Å². The Morgan fingerprint density at radius 3 is 2.81 bits per heavy atom. The van der Waals surface area contributed by atoms with Crippen LogP contribution in [0.1, 0.15) is 38.2 Å². The smallest absolute Gasteiger partial charge is 0.255 e. The molecule has 0 atom stereocenters. The highest BCUT2D eigenvalue weighted by molar-refractivity contribution is 5.86. The average Bonchev–Trinajstić information content (AvgIpc) is 3.23. The van der Waals surface area contributed by atoms with Crippen molar-refractivity contribution < 1.29 is 9.13 Å². The Kier molecular flexibility index (Phi) is 3.53. The lowest BCUT2D eigenvalue weighted by molar-refractivity contribution is 0.472. The van der Waals surface area contributed by atoms with Gasteiger partial charge in [-0.05, 0) is 49.0 Å². The summed E-state index contributed by atoms with van der Waals surface area (Å²) < 4.78 is 19.3. The summed E-state index contributed by atoms with van der Waals surface area (Å²) in [6, 6.07) is 4.29. The van der Waals surface area contributed by atoms with Gasteiger partial charge in [0, 0.05) is 5.39 Å². The van der Waals surface area contributed by atoms with Gasteiger partial charge >= 0.3 is 0 Å². The van der Waals surface area contributed by atoms with Gasteiger partial charge in [0.25, 0.3) is 5.56 Å². The van der Waals surface area contributed by atoms with Gasteiger partial charge in [0.05, 0.1) is 17.3 Å². The normalized spacial score (nSPS) is 15.2. The summed E-state index contributed by atoms with van der Waals surface area (Å²) in [6.07, 6.45) is 5.99. The Hall–Kier alpha value is -2.10. The molecule has 1 aliphatic rings. The predicted octanol–water partition coefficient (Wildman–Crippen LogP) is 4.09. The maximum atomic E-state index is 13.5. The zero-order chi connectivity index (χ0) is 15.0. The number of hydrogen-bond acceptors (Lipinski definition) is 2. The van der Waals surface area contributed by atoms with Crippen molar-refractivity contribution in [2.24, 2.45) is 5.92 Å². The first-order chi connectivity index (χ1) is 10.1. The predicted molar refractivity (Wildman–Crippen MR) is 81.1 cm³/mol. The highest BCUT2D eigenvalue weighted by Gasteiger charge is 2.19. The number of halogens is 1. The van der Waals surface area contributed by atoms with Crippen molar-refractivity contribution in [3.05, 3.63) is 52.3 Å². The molecule has 1 N–H and O–H groups in total. The summed E-state index contributed by atoms with van der Waals surface area (Å²) >= 11 is 0. The van der Waals surface area contributed by atoms with Crippen molar-refractivity contribution in [3.8, 4) is 5.75 Å². The van der Waals surface area contributed by atoms with E-state index in [2.05, 4.69) is 4.98 Å². The van der Waals surface area contributed by atoms with Crippen LogP contribution in [0.15, 0.2) is 35.3 Å².